The molecular weight excluding hydrogens is 393 g/mol. The Labute approximate surface area is 164 Å². The lowest BCUT2D eigenvalue weighted by atomic mass is 9.91. The number of rotatable bonds is 2. The Bertz CT molecular complexity index is 1070. The summed E-state index contributed by atoms with van der Waals surface area (Å²) < 4.78 is 41.3. The van der Waals surface area contributed by atoms with Crippen molar-refractivity contribution in [3.8, 4) is 0 Å². The quantitative estimate of drug-likeness (QED) is 0.627. The topological polar surface area (TPSA) is 59.3 Å². The third-order valence-corrected chi connectivity index (χ3v) is 4.64. The second kappa shape index (κ2) is 6.77. The maximum atomic E-state index is 13.5. The van der Waals surface area contributed by atoms with Gasteiger partial charge in [0.1, 0.15) is 5.69 Å². The van der Waals surface area contributed by atoms with Gasteiger partial charge in [-0.3, -0.25) is 4.79 Å². The number of fused-ring (bicyclic) bond motifs is 1. The van der Waals surface area contributed by atoms with Crippen LogP contribution in [0.4, 0.5) is 18.9 Å². The van der Waals surface area contributed by atoms with Crippen LogP contribution in [0.5, 0.6) is 0 Å². The van der Waals surface area contributed by atoms with Crippen molar-refractivity contribution in [2.24, 2.45) is 0 Å². The molecule has 0 saturated heterocycles. The number of benzene rings is 1. The van der Waals surface area contributed by atoms with Gasteiger partial charge in [0.05, 0.1) is 5.69 Å². The molecule has 0 spiro atoms. The summed E-state index contributed by atoms with van der Waals surface area (Å²) in [6.07, 6.45) is -4.65. The molecular formula is C19H18ClF3N4O. The number of amides is 1. The van der Waals surface area contributed by atoms with E-state index in [1.54, 1.807) is 45.9 Å². The van der Waals surface area contributed by atoms with Crippen molar-refractivity contribution in [1.29, 1.82) is 0 Å². The number of anilines is 1. The summed E-state index contributed by atoms with van der Waals surface area (Å²) in [5, 5.41) is 6.92. The zero-order valence-electron chi connectivity index (χ0n) is 15.6. The molecule has 1 amide bonds. The van der Waals surface area contributed by atoms with Crippen LogP contribution in [0.1, 0.15) is 48.2 Å². The Morgan fingerprint density at radius 1 is 1.18 bits per heavy atom. The molecule has 5 nitrogen and oxygen atoms in total. The van der Waals surface area contributed by atoms with E-state index in [9.17, 15) is 18.0 Å². The van der Waals surface area contributed by atoms with E-state index >= 15 is 0 Å². The van der Waals surface area contributed by atoms with E-state index in [1.807, 2.05) is 0 Å². The SMILES string of the molecule is Cc1c(Cl)cccc1NC(=O)c1cc2nc(C(C)(C)C)cc(C(F)(F)F)n2n1. The summed E-state index contributed by atoms with van der Waals surface area (Å²) in [6, 6.07) is 7.17. The molecule has 0 fully saturated rings. The van der Waals surface area contributed by atoms with Crippen molar-refractivity contribution in [2.45, 2.75) is 39.3 Å². The molecule has 0 aliphatic rings. The number of carbonyl (C=O) groups excluding carboxylic acids is 1. The Morgan fingerprint density at radius 3 is 2.46 bits per heavy atom. The lowest BCUT2D eigenvalue weighted by molar-refractivity contribution is -0.142. The molecule has 2 heterocycles. The molecule has 3 aromatic rings. The van der Waals surface area contributed by atoms with Gasteiger partial charge in [0.2, 0.25) is 0 Å². The zero-order chi connectivity index (χ0) is 20.9. The van der Waals surface area contributed by atoms with E-state index in [0.29, 0.717) is 20.8 Å². The van der Waals surface area contributed by atoms with Gasteiger partial charge >= 0.3 is 6.18 Å². The van der Waals surface area contributed by atoms with Gasteiger partial charge < -0.3 is 5.32 Å². The maximum Gasteiger partial charge on any atom is 0.433 e. The van der Waals surface area contributed by atoms with Crippen molar-refractivity contribution in [3.63, 3.8) is 0 Å². The minimum atomic E-state index is -4.65. The average Bonchev–Trinajstić information content (AvgIpc) is 3.00. The maximum absolute atomic E-state index is 13.5. The summed E-state index contributed by atoms with van der Waals surface area (Å²) in [6.45, 7) is 7.01. The van der Waals surface area contributed by atoms with Gasteiger partial charge in [-0.25, -0.2) is 9.50 Å². The van der Waals surface area contributed by atoms with Crippen LogP contribution in [0.25, 0.3) is 5.65 Å². The summed E-state index contributed by atoms with van der Waals surface area (Å²) >= 11 is 6.03. The Kier molecular flexibility index (Phi) is 4.87. The summed E-state index contributed by atoms with van der Waals surface area (Å²) in [5.41, 5.74) is -0.465. The van der Waals surface area contributed by atoms with Crippen molar-refractivity contribution in [3.05, 3.63) is 58.0 Å². The highest BCUT2D eigenvalue weighted by atomic mass is 35.5. The average molecular weight is 411 g/mol. The van der Waals surface area contributed by atoms with Crippen molar-refractivity contribution in [1.82, 2.24) is 14.6 Å². The molecule has 0 saturated carbocycles. The minimum absolute atomic E-state index is 0.0484. The van der Waals surface area contributed by atoms with Gasteiger partial charge in [-0.05, 0) is 30.7 Å². The first-order chi connectivity index (χ1) is 12.9. The normalized spacial score (nSPS) is 12.4. The first-order valence-corrected chi connectivity index (χ1v) is 8.80. The fraction of sp³-hybridized carbons (Fsp3) is 0.316. The highest BCUT2D eigenvalue weighted by molar-refractivity contribution is 6.31. The molecule has 0 bridgehead atoms. The van der Waals surface area contributed by atoms with E-state index < -0.39 is 23.2 Å². The van der Waals surface area contributed by atoms with Gasteiger partial charge in [0.15, 0.2) is 11.3 Å². The molecule has 0 aliphatic heterocycles. The van der Waals surface area contributed by atoms with Crippen LogP contribution in [0, 0.1) is 6.92 Å². The van der Waals surface area contributed by atoms with Crippen LogP contribution in [-0.2, 0) is 11.6 Å². The highest BCUT2D eigenvalue weighted by Gasteiger charge is 2.36. The second-order valence-corrected chi connectivity index (χ2v) is 7.85. The van der Waals surface area contributed by atoms with Crippen LogP contribution in [0.15, 0.2) is 30.3 Å². The molecule has 3 rings (SSSR count). The molecule has 1 aromatic carbocycles. The number of aromatic nitrogens is 3. The largest absolute Gasteiger partial charge is 0.433 e. The lowest BCUT2D eigenvalue weighted by Gasteiger charge is -2.19. The van der Waals surface area contributed by atoms with Gasteiger partial charge in [-0.1, -0.05) is 38.4 Å². The van der Waals surface area contributed by atoms with E-state index in [1.165, 1.54) is 6.07 Å². The predicted molar refractivity (Wildman–Crippen MR) is 101 cm³/mol. The van der Waals surface area contributed by atoms with Crippen molar-refractivity contribution in [2.75, 3.05) is 5.32 Å². The fourth-order valence-electron chi connectivity index (χ4n) is 2.60. The number of halogens is 4. The van der Waals surface area contributed by atoms with Crippen LogP contribution >= 0.6 is 11.6 Å². The number of carbonyl (C=O) groups is 1. The Balaban J connectivity index is 2.08. The number of nitrogens with zero attached hydrogens (tertiary/aromatic N) is 3. The number of hydrogen-bond donors (Lipinski definition) is 1. The van der Waals surface area contributed by atoms with Gasteiger partial charge in [-0.15, -0.1) is 0 Å². The summed E-state index contributed by atoms with van der Waals surface area (Å²) in [7, 11) is 0. The molecule has 0 aliphatic carbocycles. The van der Waals surface area contributed by atoms with E-state index in [4.69, 9.17) is 11.6 Å². The van der Waals surface area contributed by atoms with Gasteiger partial charge in [-0.2, -0.15) is 18.3 Å². The van der Waals surface area contributed by atoms with E-state index in [2.05, 4.69) is 15.4 Å². The molecule has 2 aromatic heterocycles. The molecule has 1 N–H and O–H groups in total. The summed E-state index contributed by atoms with van der Waals surface area (Å²) in [4.78, 5) is 16.8. The van der Waals surface area contributed by atoms with Crippen molar-refractivity contribution >= 4 is 28.8 Å². The third-order valence-electron chi connectivity index (χ3n) is 4.23. The molecule has 28 heavy (non-hydrogen) atoms. The zero-order valence-corrected chi connectivity index (χ0v) is 16.4. The molecule has 148 valence electrons. The van der Waals surface area contributed by atoms with Crippen LogP contribution in [-0.4, -0.2) is 20.5 Å². The fourth-order valence-corrected chi connectivity index (χ4v) is 2.78. The van der Waals surface area contributed by atoms with Gasteiger partial charge in [0.25, 0.3) is 5.91 Å². The third kappa shape index (κ3) is 3.82. The highest BCUT2D eigenvalue weighted by Crippen LogP contribution is 2.33. The molecule has 0 atom stereocenters. The monoisotopic (exact) mass is 410 g/mol. The smallest absolute Gasteiger partial charge is 0.320 e. The predicted octanol–water partition coefficient (Wildman–Crippen LogP) is 5.26. The number of alkyl halides is 3. The van der Waals surface area contributed by atoms with Crippen molar-refractivity contribution < 1.29 is 18.0 Å². The van der Waals surface area contributed by atoms with Gasteiger partial charge in [0, 0.05) is 22.2 Å². The van der Waals surface area contributed by atoms with Crippen LogP contribution in [0.3, 0.4) is 0 Å². The molecule has 9 heteroatoms. The number of nitrogens with one attached hydrogen (secondary N) is 1. The Morgan fingerprint density at radius 2 is 1.86 bits per heavy atom. The first-order valence-electron chi connectivity index (χ1n) is 8.43. The van der Waals surface area contributed by atoms with Crippen LogP contribution in [0.2, 0.25) is 5.02 Å². The number of hydrogen-bond acceptors (Lipinski definition) is 3. The second-order valence-electron chi connectivity index (χ2n) is 7.44. The van der Waals surface area contributed by atoms with E-state index in [0.717, 1.165) is 6.07 Å². The van der Waals surface area contributed by atoms with Crippen LogP contribution < -0.4 is 5.32 Å². The van der Waals surface area contributed by atoms with E-state index in [-0.39, 0.29) is 17.0 Å². The minimum Gasteiger partial charge on any atom is -0.320 e. The molecule has 0 unspecified atom stereocenters. The standard InChI is InChI=1S/C19H18ClF3N4O/c1-10-11(20)6-5-7-12(10)24-17(28)13-8-16-25-14(18(2,3)4)9-15(19(21,22)23)27(16)26-13/h5-9H,1-4H3,(H,24,28). The summed E-state index contributed by atoms with van der Waals surface area (Å²) in [5.74, 6) is -0.652. The molecule has 0 radical (unpaired) electrons. The lowest BCUT2D eigenvalue weighted by Crippen LogP contribution is -2.20. The Hall–Kier alpha value is -2.61. The first kappa shape index (κ1) is 20.1.